The smallest absolute Gasteiger partial charge is 0.250 e. The van der Waals surface area contributed by atoms with Gasteiger partial charge in [-0.1, -0.05) is 12.1 Å². The molecule has 0 atom stereocenters. The fourth-order valence-corrected chi connectivity index (χ4v) is 3.25. The summed E-state index contributed by atoms with van der Waals surface area (Å²) in [6, 6.07) is 7.92. The lowest BCUT2D eigenvalue weighted by Crippen LogP contribution is -2.53. The van der Waals surface area contributed by atoms with Crippen molar-refractivity contribution in [2.45, 2.75) is 24.2 Å². The van der Waals surface area contributed by atoms with Crippen molar-refractivity contribution in [2.75, 3.05) is 37.7 Å². The lowest BCUT2D eigenvalue weighted by atomic mass is 9.62. The van der Waals surface area contributed by atoms with Crippen molar-refractivity contribution in [3.63, 3.8) is 0 Å². The molecule has 20 heavy (non-hydrogen) atoms. The minimum absolute atomic E-state index is 0.132. The number of nitrogens with two attached hydrogens (primary N) is 1. The van der Waals surface area contributed by atoms with E-state index in [1.807, 2.05) is 24.3 Å². The molecule has 2 fully saturated rings. The largest absolute Gasteiger partial charge is 0.378 e. The minimum Gasteiger partial charge on any atom is -0.378 e. The van der Waals surface area contributed by atoms with Crippen molar-refractivity contribution in [3.05, 3.63) is 29.8 Å². The van der Waals surface area contributed by atoms with E-state index in [1.165, 1.54) is 0 Å². The van der Waals surface area contributed by atoms with Gasteiger partial charge >= 0.3 is 0 Å². The van der Waals surface area contributed by atoms with Crippen LogP contribution in [0.3, 0.4) is 0 Å². The van der Waals surface area contributed by atoms with E-state index in [2.05, 4.69) is 4.90 Å². The van der Waals surface area contributed by atoms with Crippen LogP contribution in [0.5, 0.6) is 0 Å². The van der Waals surface area contributed by atoms with E-state index in [4.69, 9.17) is 10.5 Å². The molecule has 0 spiro atoms. The van der Waals surface area contributed by atoms with Gasteiger partial charge in [0.15, 0.2) is 0 Å². The van der Waals surface area contributed by atoms with Crippen LogP contribution in [0.15, 0.2) is 24.3 Å². The Labute approximate surface area is 117 Å². The molecule has 5 heteroatoms. The number of benzene rings is 1. The van der Waals surface area contributed by atoms with E-state index in [1.54, 1.807) is 0 Å². The van der Waals surface area contributed by atoms with Crippen LogP contribution < -0.4 is 10.6 Å². The Morgan fingerprint density at radius 1 is 1.10 bits per heavy atom. The molecule has 0 bridgehead atoms. The van der Waals surface area contributed by atoms with Crippen LogP contribution in [0.25, 0.3) is 0 Å². The predicted octanol–water partition coefficient (Wildman–Crippen LogP) is 2.15. The second-order valence-electron chi connectivity index (χ2n) is 5.84. The van der Waals surface area contributed by atoms with E-state index in [0.29, 0.717) is 0 Å². The molecule has 2 aliphatic rings. The Balaban J connectivity index is 1.75. The van der Waals surface area contributed by atoms with Gasteiger partial charge in [0.05, 0.1) is 13.2 Å². The van der Waals surface area contributed by atoms with Gasteiger partial charge in [0, 0.05) is 43.6 Å². The summed E-state index contributed by atoms with van der Waals surface area (Å²) in [5.41, 5.74) is 7.26. The van der Waals surface area contributed by atoms with Crippen LogP contribution in [0.2, 0.25) is 0 Å². The molecule has 0 amide bonds. The summed E-state index contributed by atoms with van der Waals surface area (Å²) in [5, 5.41) is 0. The zero-order chi connectivity index (χ0) is 14.2. The van der Waals surface area contributed by atoms with Crippen molar-refractivity contribution in [2.24, 2.45) is 5.73 Å². The highest BCUT2D eigenvalue weighted by molar-refractivity contribution is 5.49. The first kappa shape index (κ1) is 13.8. The molecule has 1 heterocycles. The first-order valence-electron chi connectivity index (χ1n) is 7.06. The molecule has 1 aliphatic carbocycles. The Morgan fingerprint density at radius 2 is 1.70 bits per heavy atom. The standard InChI is InChI=1S/C15H20F2N2O/c16-15(17)9-14(10-15,11-18)12-1-3-13(4-2-12)19-5-7-20-8-6-19/h1-4H,5-11,18H2. The van der Waals surface area contributed by atoms with Gasteiger partial charge in [0.25, 0.3) is 0 Å². The first-order valence-corrected chi connectivity index (χ1v) is 7.06. The highest BCUT2D eigenvalue weighted by Gasteiger charge is 2.56. The number of anilines is 1. The van der Waals surface area contributed by atoms with Crippen molar-refractivity contribution < 1.29 is 13.5 Å². The fraction of sp³-hybridized carbons (Fsp3) is 0.600. The summed E-state index contributed by atoms with van der Waals surface area (Å²) >= 11 is 0. The number of morpholine rings is 1. The molecule has 3 nitrogen and oxygen atoms in total. The molecule has 1 aromatic carbocycles. The van der Waals surface area contributed by atoms with E-state index < -0.39 is 11.3 Å². The molecular formula is C15H20F2N2O. The van der Waals surface area contributed by atoms with Crippen molar-refractivity contribution >= 4 is 5.69 Å². The molecule has 1 aromatic rings. The van der Waals surface area contributed by atoms with E-state index >= 15 is 0 Å². The molecule has 1 saturated heterocycles. The quantitative estimate of drug-likeness (QED) is 0.923. The maximum Gasteiger partial charge on any atom is 0.250 e. The van der Waals surface area contributed by atoms with Gasteiger partial charge in [-0.3, -0.25) is 0 Å². The number of hydrogen-bond acceptors (Lipinski definition) is 3. The van der Waals surface area contributed by atoms with Crippen LogP contribution >= 0.6 is 0 Å². The summed E-state index contributed by atoms with van der Waals surface area (Å²) in [6.07, 6.45) is -0.263. The van der Waals surface area contributed by atoms with Crippen molar-refractivity contribution in [1.29, 1.82) is 0 Å². The van der Waals surface area contributed by atoms with Gasteiger partial charge in [-0.2, -0.15) is 0 Å². The number of hydrogen-bond donors (Lipinski definition) is 1. The third kappa shape index (κ3) is 2.40. The lowest BCUT2D eigenvalue weighted by Gasteiger charge is -2.47. The molecule has 0 unspecified atom stereocenters. The van der Waals surface area contributed by atoms with Crippen LogP contribution in [-0.4, -0.2) is 38.8 Å². The summed E-state index contributed by atoms with van der Waals surface area (Å²) in [6.45, 7) is 3.50. The van der Waals surface area contributed by atoms with Crippen LogP contribution in [0.4, 0.5) is 14.5 Å². The first-order chi connectivity index (χ1) is 9.55. The average molecular weight is 282 g/mol. The number of halogens is 2. The van der Waals surface area contributed by atoms with Crippen LogP contribution in [0, 0.1) is 0 Å². The van der Waals surface area contributed by atoms with Crippen molar-refractivity contribution in [3.8, 4) is 0 Å². The van der Waals surface area contributed by atoms with E-state index in [-0.39, 0.29) is 19.4 Å². The van der Waals surface area contributed by atoms with Gasteiger partial charge in [-0.05, 0) is 17.7 Å². The molecule has 0 aromatic heterocycles. The second kappa shape index (κ2) is 4.97. The zero-order valence-corrected chi connectivity index (χ0v) is 11.4. The monoisotopic (exact) mass is 282 g/mol. The predicted molar refractivity (Wildman–Crippen MR) is 74.4 cm³/mol. The average Bonchev–Trinajstić information content (AvgIpc) is 2.45. The number of ether oxygens (including phenoxy) is 1. The van der Waals surface area contributed by atoms with E-state index in [9.17, 15) is 8.78 Å². The normalized spacial score (nSPS) is 24.2. The zero-order valence-electron chi connectivity index (χ0n) is 11.4. The third-order valence-electron chi connectivity index (χ3n) is 4.44. The number of alkyl halides is 2. The third-order valence-corrected chi connectivity index (χ3v) is 4.44. The summed E-state index contributed by atoms with van der Waals surface area (Å²) < 4.78 is 31.7. The second-order valence-corrected chi connectivity index (χ2v) is 5.84. The molecule has 3 rings (SSSR count). The molecular weight excluding hydrogens is 262 g/mol. The number of rotatable bonds is 3. The minimum atomic E-state index is -2.55. The summed E-state index contributed by atoms with van der Waals surface area (Å²) in [7, 11) is 0. The molecule has 0 radical (unpaired) electrons. The van der Waals surface area contributed by atoms with Gasteiger partial charge in [-0.25, -0.2) is 8.78 Å². The molecule has 1 saturated carbocycles. The number of nitrogens with zero attached hydrogens (tertiary/aromatic N) is 1. The highest BCUT2D eigenvalue weighted by Crippen LogP contribution is 2.52. The fourth-order valence-electron chi connectivity index (χ4n) is 3.25. The lowest BCUT2D eigenvalue weighted by molar-refractivity contribution is -0.123. The van der Waals surface area contributed by atoms with Crippen molar-refractivity contribution in [1.82, 2.24) is 0 Å². The van der Waals surface area contributed by atoms with E-state index in [0.717, 1.165) is 37.6 Å². The Hall–Kier alpha value is -1.20. The highest BCUT2D eigenvalue weighted by atomic mass is 19.3. The van der Waals surface area contributed by atoms with Gasteiger partial charge < -0.3 is 15.4 Å². The van der Waals surface area contributed by atoms with Gasteiger partial charge in [0.2, 0.25) is 5.92 Å². The van der Waals surface area contributed by atoms with Crippen LogP contribution in [0.1, 0.15) is 18.4 Å². The Kier molecular flexibility index (Phi) is 3.42. The topological polar surface area (TPSA) is 38.5 Å². The SMILES string of the molecule is NCC1(c2ccc(N3CCOCC3)cc2)CC(F)(F)C1. The molecule has 2 N–H and O–H groups in total. The molecule has 1 aliphatic heterocycles. The molecule has 110 valence electrons. The maximum atomic E-state index is 13.2. The Bertz CT molecular complexity index is 461. The summed E-state index contributed by atoms with van der Waals surface area (Å²) in [4.78, 5) is 2.25. The van der Waals surface area contributed by atoms with Gasteiger partial charge in [-0.15, -0.1) is 0 Å². The van der Waals surface area contributed by atoms with Crippen LogP contribution in [-0.2, 0) is 10.2 Å². The Morgan fingerprint density at radius 3 is 2.20 bits per heavy atom. The van der Waals surface area contributed by atoms with Gasteiger partial charge in [0.1, 0.15) is 0 Å². The maximum absolute atomic E-state index is 13.2. The summed E-state index contributed by atoms with van der Waals surface area (Å²) in [5.74, 6) is -2.55.